The van der Waals surface area contributed by atoms with Gasteiger partial charge in [0.2, 0.25) is 5.91 Å². The van der Waals surface area contributed by atoms with Gasteiger partial charge >= 0.3 is 6.09 Å². The lowest BCUT2D eigenvalue weighted by Gasteiger charge is -2.26. The van der Waals surface area contributed by atoms with Crippen LogP contribution in [0.25, 0.3) is 0 Å². The van der Waals surface area contributed by atoms with Crippen molar-refractivity contribution in [1.82, 2.24) is 5.32 Å². The molecule has 1 aliphatic heterocycles. The van der Waals surface area contributed by atoms with Crippen LogP contribution in [0.4, 0.5) is 16.2 Å². The van der Waals surface area contributed by atoms with Crippen molar-refractivity contribution in [1.29, 1.82) is 0 Å². The summed E-state index contributed by atoms with van der Waals surface area (Å²) < 4.78 is 6.13. The van der Waals surface area contributed by atoms with Crippen LogP contribution in [0.15, 0.2) is 29.3 Å². The first-order valence-electron chi connectivity index (χ1n) is 6.69. The zero-order chi connectivity index (χ0) is 15.2. The molecule has 0 saturated heterocycles. The van der Waals surface area contributed by atoms with Gasteiger partial charge in [0.25, 0.3) is 0 Å². The number of methoxy groups -OCH3 is 1. The summed E-state index contributed by atoms with van der Waals surface area (Å²) in [6, 6.07) is 7.33. The van der Waals surface area contributed by atoms with Gasteiger partial charge in [-0.05, 0) is 18.6 Å². The monoisotopic (exact) mass is 307 g/mol. The standard InChI is InChI=1S/C14H17N3O3S/c1-3-4-9-12(18)17-11-8-6-5-7-10(11)15-13(21-17)16-14(19)20-2/h5-8H,3-4,9H2,1-2H3,(H,15,16,19). The summed E-state index contributed by atoms with van der Waals surface area (Å²) in [5, 5.41) is 2.83. The first kappa shape index (κ1) is 15.4. The van der Waals surface area contributed by atoms with Crippen LogP contribution in [0.5, 0.6) is 0 Å². The number of anilines is 1. The Kier molecular flexibility index (Phi) is 5.21. The Hall–Kier alpha value is -2.02. The number of nitrogens with one attached hydrogen (secondary N) is 1. The van der Waals surface area contributed by atoms with Crippen LogP contribution in [0.2, 0.25) is 0 Å². The van der Waals surface area contributed by atoms with Crippen LogP contribution in [-0.2, 0) is 9.53 Å². The van der Waals surface area contributed by atoms with E-state index < -0.39 is 6.09 Å². The third-order valence-corrected chi connectivity index (χ3v) is 3.81. The summed E-state index contributed by atoms with van der Waals surface area (Å²) in [6.45, 7) is 2.04. The average Bonchev–Trinajstić information content (AvgIpc) is 2.51. The van der Waals surface area contributed by atoms with Crippen molar-refractivity contribution in [3.63, 3.8) is 0 Å². The maximum absolute atomic E-state index is 12.3. The van der Waals surface area contributed by atoms with E-state index in [0.717, 1.165) is 30.5 Å². The highest BCUT2D eigenvalue weighted by atomic mass is 32.2. The third-order valence-electron chi connectivity index (χ3n) is 2.87. The first-order chi connectivity index (χ1) is 10.2. The minimum Gasteiger partial charge on any atom is -0.453 e. The number of unbranched alkanes of at least 4 members (excludes halogenated alkanes) is 1. The van der Waals surface area contributed by atoms with E-state index in [4.69, 9.17) is 0 Å². The van der Waals surface area contributed by atoms with Crippen molar-refractivity contribution in [2.45, 2.75) is 26.2 Å². The molecule has 1 N–H and O–H groups in total. The molecule has 2 amide bonds. The Morgan fingerprint density at radius 1 is 1.38 bits per heavy atom. The molecular weight excluding hydrogens is 290 g/mol. The number of rotatable bonds is 3. The fourth-order valence-electron chi connectivity index (χ4n) is 1.80. The number of para-hydroxylation sites is 2. The van der Waals surface area contributed by atoms with Gasteiger partial charge in [-0.15, -0.1) is 0 Å². The van der Waals surface area contributed by atoms with Gasteiger partial charge in [-0.3, -0.25) is 10.1 Å². The number of hydrogen-bond donors (Lipinski definition) is 1. The summed E-state index contributed by atoms with van der Waals surface area (Å²) in [6.07, 6.45) is 1.63. The van der Waals surface area contributed by atoms with Crippen LogP contribution in [0, 0.1) is 0 Å². The fraction of sp³-hybridized carbons (Fsp3) is 0.357. The van der Waals surface area contributed by atoms with E-state index in [1.165, 1.54) is 7.11 Å². The number of amidine groups is 1. The van der Waals surface area contributed by atoms with Crippen LogP contribution in [0.1, 0.15) is 26.2 Å². The molecule has 1 aromatic carbocycles. The van der Waals surface area contributed by atoms with E-state index in [9.17, 15) is 9.59 Å². The largest absolute Gasteiger partial charge is 0.453 e. The zero-order valence-corrected chi connectivity index (χ0v) is 12.8. The predicted molar refractivity (Wildman–Crippen MR) is 83.7 cm³/mol. The summed E-state index contributed by atoms with van der Waals surface area (Å²) in [4.78, 5) is 28.0. The van der Waals surface area contributed by atoms with E-state index in [1.807, 2.05) is 25.1 Å². The highest BCUT2D eigenvalue weighted by molar-refractivity contribution is 8.15. The molecule has 7 heteroatoms. The van der Waals surface area contributed by atoms with Gasteiger partial charge in [0, 0.05) is 18.4 Å². The van der Waals surface area contributed by atoms with E-state index in [0.29, 0.717) is 17.3 Å². The summed E-state index contributed by atoms with van der Waals surface area (Å²) in [7, 11) is 1.28. The van der Waals surface area contributed by atoms with Gasteiger partial charge in [0.15, 0.2) is 5.17 Å². The number of nitrogens with zero attached hydrogens (tertiary/aromatic N) is 2. The molecule has 1 aliphatic rings. The second-order valence-corrected chi connectivity index (χ2v) is 5.34. The number of carbonyl (C=O) groups is 2. The Morgan fingerprint density at radius 3 is 2.86 bits per heavy atom. The molecule has 0 atom stereocenters. The van der Waals surface area contributed by atoms with Crippen molar-refractivity contribution in [3.8, 4) is 0 Å². The summed E-state index contributed by atoms with van der Waals surface area (Å²) >= 11 is 1.10. The lowest BCUT2D eigenvalue weighted by atomic mass is 10.2. The number of benzene rings is 1. The van der Waals surface area contributed by atoms with Gasteiger partial charge in [-0.25, -0.2) is 14.1 Å². The zero-order valence-electron chi connectivity index (χ0n) is 12.0. The molecule has 0 spiro atoms. The number of amides is 2. The van der Waals surface area contributed by atoms with Crippen molar-refractivity contribution < 1.29 is 14.3 Å². The van der Waals surface area contributed by atoms with Gasteiger partial charge in [-0.1, -0.05) is 25.5 Å². The molecule has 6 nitrogen and oxygen atoms in total. The normalized spacial score (nSPS) is 13.2. The highest BCUT2D eigenvalue weighted by Crippen LogP contribution is 2.38. The van der Waals surface area contributed by atoms with Crippen molar-refractivity contribution >= 4 is 40.5 Å². The second-order valence-electron chi connectivity index (χ2n) is 4.41. The molecule has 0 aliphatic carbocycles. The van der Waals surface area contributed by atoms with Crippen LogP contribution >= 0.6 is 11.9 Å². The lowest BCUT2D eigenvalue weighted by Crippen LogP contribution is -2.35. The summed E-state index contributed by atoms with van der Waals surface area (Å²) in [5.74, 6) is -0.00614. The number of hydrogen-bond acceptors (Lipinski definition) is 5. The number of fused-ring (bicyclic) bond motifs is 1. The molecule has 2 rings (SSSR count). The first-order valence-corrected chi connectivity index (χ1v) is 7.46. The Bertz CT molecular complexity index is 574. The fourth-order valence-corrected chi connectivity index (χ4v) is 2.69. The quantitative estimate of drug-likeness (QED) is 0.870. The summed E-state index contributed by atoms with van der Waals surface area (Å²) in [5.41, 5.74) is 1.38. The number of ether oxygens (including phenoxy) is 1. The van der Waals surface area contributed by atoms with Crippen LogP contribution in [0.3, 0.4) is 0 Å². The maximum atomic E-state index is 12.3. The number of aliphatic imine (C=N–C) groups is 1. The molecule has 0 unspecified atom stereocenters. The lowest BCUT2D eigenvalue weighted by molar-refractivity contribution is -0.117. The minimum atomic E-state index is -0.610. The molecule has 0 aromatic heterocycles. The smallest absolute Gasteiger partial charge is 0.412 e. The average molecular weight is 307 g/mol. The maximum Gasteiger partial charge on any atom is 0.412 e. The molecule has 0 saturated carbocycles. The van der Waals surface area contributed by atoms with Gasteiger partial charge in [0.05, 0.1) is 18.5 Å². The van der Waals surface area contributed by atoms with Gasteiger partial charge in [-0.2, -0.15) is 0 Å². The van der Waals surface area contributed by atoms with E-state index in [2.05, 4.69) is 15.0 Å². The Labute approximate surface area is 127 Å². The predicted octanol–water partition coefficient (Wildman–Crippen LogP) is 3.22. The van der Waals surface area contributed by atoms with Crippen molar-refractivity contribution in [2.75, 3.05) is 11.4 Å². The topological polar surface area (TPSA) is 71.0 Å². The molecule has 0 fully saturated rings. The molecule has 112 valence electrons. The SMILES string of the molecule is CCCCC(=O)N1SC(NC(=O)OC)=Nc2ccccc21. The molecule has 1 aromatic rings. The highest BCUT2D eigenvalue weighted by Gasteiger charge is 2.26. The third kappa shape index (κ3) is 3.75. The van der Waals surface area contributed by atoms with Crippen molar-refractivity contribution in [3.05, 3.63) is 24.3 Å². The van der Waals surface area contributed by atoms with Gasteiger partial charge in [0.1, 0.15) is 0 Å². The van der Waals surface area contributed by atoms with Crippen molar-refractivity contribution in [2.24, 2.45) is 4.99 Å². The van der Waals surface area contributed by atoms with Crippen LogP contribution in [-0.4, -0.2) is 24.3 Å². The Morgan fingerprint density at radius 2 is 2.14 bits per heavy atom. The molecule has 0 radical (unpaired) electrons. The van der Waals surface area contributed by atoms with E-state index in [-0.39, 0.29) is 5.91 Å². The molecule has 1 heterocycles. The van der Waals surface area contributed by atoms with Gasteiger partial charge < -0.3 is 4.74 Å². The number of carbonyl (C=O) groups excluding carboxylic acids is 2. The second kappa shape index (κ2) is 7.12. The molecular formula is C14H17N3O3S. The van der Waals surface area contributed by atoms with Crippen LogP contribution < -0.4 is 9.62 Å². The molecule has 21 heavy (non-hydrogen) atoms. The number of alkyl carbamates (subject to hydrolysis) is 1. The minimum absolute atomic E-state index is 0.00614. The van der Waals surface area contributed by atoms with E-state index >= 15 is 0 Å². The van der Waals surface area contributed by atoms with E-state index in [1.54, 1.807) is 10.4 Å². The molecule has 0 bridgehead atoms. The Balaban J connectivity index is 2.25.